The molecule has 35 heavy (non-hydrogen) atoms. The second-order valence-corrected chi connectivity index (χ2v) is 7.98. The summed E-state index contributed by atoms with van der Waals surface area (Å²) in [6, 6.07) is 9.15. The Balaban J connectivity index is 2.12. The van der Waals surface area contributed by atoms with Crippen LogP contribution in [0.2, 0.25) is 0 Å². The van der Waals surface area contributed by atoms with Gasteiger partial charge in [0.05, 0.1) is 31.4 Å². The van der Waals surface area contributed by atoms with E-state index < -0.39 is 35.3 Å². The number of methoxy groups -OCH3 is 2. The van der Waals surface area contributed by atoms with Crippen molar-refractivity contribution in [2.45, 2.75) is 19.9 Å². The Morgan fingerprint density at radius 3 is 2.23 bits per heavy atom. The number of likely N-dealkylation sites (tertiary alicyclic amines) is 1. The molecule has 1 fully saturated rings. The molecule has 1 aliphatic heterocycles. The Morgan fingerprint density at radius 2 is 1.69 bits per heavy atom. The molecule has 1 atom stereocenters. The molecule has 3 rings (SSSR count). The molecule has 186 valence electrons. The highest BCUT2D eigenvalue weighted by molar-refractivity contribution is 6.46. The minimum absolute atomic E-state index is 0.0174. The third-order valence-corrected chi connectivity index (χ3v) is 6.16. The summed E-state index contributed by atoms with van der Waals surface area (Å²) in [7, 11) is 2.59. The van der Waals surface area contributed by atoms with E-state index in [9.17, 15) is 23.9 Å². The van der Waals surface area contributed by atoms with E-state index in [2.05, 4.69) is 4.90 Å². The van der Waals surface area contributed by atoms with E-state index in [1.807, 2.05) is 13.8 Å². The van der Waals surface area contributed by atoms with Crippen LogP contribution in [0.5, 0.6) is 5.75 Å². The van der Waals surface area contributed by atoms with Gasteiger partial charge in [0.25, 0.3) is 11.7 Å². The summed E-state index contributed by atoms with van der Waals surface area (Å²) in [5, 5.41) is 11.1. The number of nitrogens with zero attached hydrogens (tertiary/aromatic N) is 2. The molecule has 1 aliphatic rings. The minimum Gasteiger partial charge on any atom is -0.507 e. The van der Waals surface area contributed by atoms with Crippen molar-refractivity contribution in [3.8, 4) is 5.75 Å². The third kappa shape index (κ3) is 5.19. The van der Waals surface area contributed by atoms with Gasteiger partial charge in [-0.15, -0.1) is 0 Å². The summed E-state index contributed by atoms with van der Waals surface area (Å²) < 4.78 is 24.0. The number of halogens is 1. The standard InChI is InChI=1S/C26H29FN2O6/c1-5-28(6-2)13-14-29-22(16-7-9-17(10-8-16)26(33)35-4)21(24(31)25(29)32)23(30)18-11-12-20(34-3)19(27)15-18/h7-12,15,22,30H,5-6,13-14H2,1-4H3/b23-21-. The van der Waals surface area contributed by atoms with Gasteiger partial charge in [0.1, 0.15) is 5.76 Å². The molecule has 8 nitrogen and oxygen atoms in total. The van der Waals surface area contributed by atoms with E-state index in [-0.39, 0.29) is 23.4 Å². The number of likely N-dealkylation sites (N-methyl/N-ethyl adjacent to an activating group) is 1. The van der Waals surface area contributed by atoms with E-state index in [1.54, 1.807) is 12.1 Å². The van der Waals surface area contributed by atoms with Gasteiger partial charge in [0.15, 0.2) is 11.6 Å². The van der Waals surface area contributed by atoms with Crippen LogP contribution in [0.25, 0.3) is 5.76 Å². The molecular weight excluding hydrogens is 455 g/mol. The van der Waals surface area contributed by atoms with Gasteiger partial charge < -0.3 is 24.4 Å². The highest BCUT2D eigenvalue weighted by Crippen LogP contribution is 2.39. The number of hydrogen-bond donors (Lipinski definition) is 1. The molecule has 9 heteroatoms. The van der Waals surface area contributed by atoms with Crippen molar-refractivity contribution in [3.63, 3.8) is 0 Å². The summed E-state index contributed by atoms with van der Waals surface area (Å²) in [5.41, 5.74) is 0.714. The van der Waals surface area contributed by atoms with E-state index in [4.69, 9.17) is 9.47 Å². The number of ether oxygens (including phenoxy) is 2. The van der Waals surface area contributed by atoms with Crippen LogP contribution in [0.3, 0.4) is 0 Å². The lowest BCUT2D eigenvalue weighted by Crippen LogP contribution is -2.38. The predicted molar refractivity (Wildman–Crippen MR) is 128 cm³/mol. The number of ketones is 1. The first-order valence-corrected chi connectivity index (χ1v) is 11.3. The van der Waals surface area contributed by atoms with Crippen LogP contribution < -0.4 is 4.74 Å². The van der Waals surface area contributed by atoms with Gasteiger partial charge in [-0.25, -0.2) is 9.18 Å². The molecular formula is C26H29FN2O6. The smallest absolute Gasteiger partial charge is 0.337 e. The van der Waals surface area contributed by atoms with Crippen LogP contribution >= 0.6 is 0 Å². The largest absolute Gasteiger partial charge is 0.507 e. The fourth-order valence-corrected chi connectivity index (χ4v) is 4.13. The van der Waals surface area contributed by atoms with Crippen molar-refractivity contribution in [2.75, 3.05) is 40.4 Å². The second-order valence-electron chi connectivity index (χ2n) is 7.98. The Kier molecular flexibility index (Phi) is 8.24. The number of Topliss-reactive ketones (excluding diaryl/α,β-unsaturated/α-hetero) is 1. The number of carbonyl (C=O) groups is 3. The zero-order valence-electron chi connectivity index (χ0n) is 20.2. The lowest BCUT2D eigenvalue weighted by atomic mass is 9.94. The third-order valence-electron chi connectivity index (χ3n) is 6.16. The first-order valence-electron chi connectivity index (χ1n) is 11.3. The Morgan fingerprint density at radius 1 is 1.06 bits per heavy atom. The summed E-state index contributed by atoms with van der Waals surface area (Å²) in [4.78, 5) is 41.5. The van der Waals surface area contributed by atoms with E-state index in [0.29, 0.717) is 17.7 Å². The molecule has 2 aromatic carbocycles. The Hall–Kier alpha value is -3.72. The predicted octanol–water partition coefficient (Wildman–Crippen LogP) is 3.38. The van der Waals surface area contributed by atoms with Crippen molar-refractivity contribution in [1.82, 2.24) is 9.80 Å². The molecule has 0 saturated carbocycles. The van der Waals surface area contributed by atoms with Gasteiger partial charge in [-0.05, 0) is 49.0 Å². The number of aliphatic hydroxyl groups is 1. The van der Waals surface area contributed by atoms with Gasteiger partial charge in [0, 0.05) is 18.7 Å². The van der Waals surface area contributed by atoms with Gasteiger partial charge in [-0.3, -0.25) is 9.59 Å². The van der Waals surface area contributed by atoms with Crippen molar-refractivity contribution in [2.24, 2.45) is 0 Å². The molecule has 0 bridgehead atoms. The number of carbonyl (C=O) groups excluding carboxylic acids is 3. The molecule has 1 N–H and O–H groups in total. The van der Waals surface area contributed by atoms with Crippen LogP contribution in [0.15, 0.2) is 48.0 Å². The molecule has 0 aliphatic carbocycles. The molecule has 1 saturated heterocycles. The van der Waals surface area contributed by atoms with Crippen molar-refractivity contribution in [3.05, 3.63) is 70.5 Å². The maximum absolute atomic E-state index is 14.3. The highest BCUT2D eigenvalue weighted by Gasteiger charge is 2.46. The van der Waals surface area contributed by atoms with Crippen LogP contribution in [-0.2, 0) is 14.3 Å². The number of hydrogen-bond acceptors (Lipinski definition) is 7. The lowest BCUT2D eigenvalue weighted by Gasteiger charge is -2.28. The van der Waals surface area contributed by atoms with Crippen LogP contribution in [-0.4, -0.2) is 73.0 Å². The van der Waals surface area contributed by atoms with Crippen molar-refractivity contribution in [1.29, 1.82) is 0 Å². The fourth-order valence-electron chi connectivity index (χ4n) is 4.13. The van der Waals surface area contributed by atoms with E-state index in [0.717, 1.165) is 19.2 Å². The number of esters is 1. The van der Waals surface area contributed by atoms with Gasteiger partial charge in [0.2, 0.25) is 0 Å². The first kappa shape index (κ1) is 25.9. The second kappa shape index (κ2) is 11.1. The van der Waals surface area contributed by atoms with E-state index >= 15 is 0 Å². The molecule has 2 aromatic rings. The van der Waals surface area contributed by atoms with Crippen molar-refractivity contribution >= 4 is 23.4 Å². The topological polar surface area (TPSA) is 96.4 Å². The van der Waals surface area contributed by atoms with Gasteiger partial charge in [-0.2, -0.15) is 0 Å². The molecule has 0 spiro atoms. The summed E-state index contributed by atoms with van der Waals surface area (Å²) in [5.74, 6) is -3.37. The molecule has 0 radical (unpaired) electrons. The molecule has 0 aromatic heterocycles. The van der Waals surface area contributed by atoms with Crippen LogP contribution in [0, 0.1) is 5.82 Å². The summed E-state index contributed by atoms with van der Waals surface area (Å²) in [6.07, 6.45) is 0. The van der Waals surface area contributed by atoms with Crippen LogP contribution in [0.1, 0.15) is 41.4 Å². The van der Waals surface area contributed by atoms with Gasteiger partial charge >= 0.3 is 5.97 Å². The zero-order valence-corrected chi connectivity index (χ0v) is 20.2. The molecule has 1 heterocycles. The van der Waals surface area contributed by atoms with Crippen molar-refractivity contribution < 1.29 is 33.4 Å². The van der Waals surface area contributed by atoms with Gasteiger partial charge in [-0.1, -0.05) is 26.0 Å². The minimum atomic E-state index is -0.914. The number of amides is 1. The normalized spacial score (nSPS) is 17.2. The Labute approximate surface area is 203 Å². The summed E-state index contributed by atoms with van der Waals surface area (Å²) in [6.45, 7) is 6.29. The molecule has 1 unspecified atom stereocenters. The number of aliphatic hydroxyl groups excluding tert-OH is 1. The SMILES string of the molecule is CCN(CC)CCN1C(=O)C(=O)/C(=C(\O)c2ccc(OC)c(F)c2)C1c1ccc(C(=O)OC)cc1. The average Bonchev–Trinajstić information content (AvgIpc) is 3.13. The average molecular weight is 485 g/mol. The first-order chi connectivity index (χ1) is 16.8. The van der Waals surface area contributed by atoms with Crippen LogP contribution in [0.4, 0.5) is 4.39 Å². The number of benzene rings is 2. The van der Waals surface area contributed by atoms with E-state index in [1.165, 1.54) is 43.4 Å². The lowest BCUT2D eigenvalue weighted by molar-refractivity contribution is -0.140. The maximum atomic E-state index is 14.3. The summed E-state index contributed by atoms with van der Waals surface area (Å²) >= 11 is 0. The highest BCUT2D eigenvalue weighted by atomic mass is 19.1. The number of rotatable bonds is 9. The fraction of sp³-hybridized carbons (Fsp3) is 0.346. The monoisotopic (exact) mass is 484 g/mol. The maximum Gasteiger partial charge on any atom is 0.337 e. The Bertz CT molecular complexity index is 1140. The molecule has 1 amide bonds. The zero-order chi connectivity index (χ0) is 25.7. The quantitative estimate of drug-likeness (QED) is 0.252.